The molecule has 0 radical (unpaired) electrons. The van der Waals surface area contributed by atoms with Gasteiger partial charge in [0.15, 0.2) is 0 Å². The third-order valence-electron chi connectivity index (χ3n) is 5.49. The molecule has 0 aromatic heterocycles. The van der Waals surface area contributed by atoms with E-state index in [2.05, 4.69) is 10.6 Å². The second kappa shape index (κ2) is 9.57. The Morgan fingerprint density at radius 2 is 1.82 bits per heavy atom. The molecule has 2 N–H and O–H groups in total. The van der Waals surface area contributed by atoms with E-state index >= 15 is 0 Å². The van der Waals surface area contributed by atoms with Crippen LogP contribution in [0, 0.1) is 0 Å². The third kappa shape index (κ3) is 5.03. The van der Waals surface area contributed by atoms with E-state index < -0.39 is 12.1 Å². The number of carbonyl (C=O) groups is 3. The van der Waals surface area contributed by atoms with Crippen molar-refractivity contribution in [3.8, 4) is 5.75 Å². The maximum Gasteiger partial charge on any atom is 0.325 e. The zero-order chi connectivity index (χ0) is 19.9. The predicted molar refractivity (Wildman–Crippen MR) is 105 cm³/mol. The van der Waals surface area contributed by atoms with Crippen molar-refractivity contribution in [2.24, 2.45) is 0 Å². The lowest BCUT2D eigenvalue weighted by Gasteiger charge is -2.21. The van der Waals surface area contributed by atoms with E-state index in [0.717, 1.165) is 36.1 Å². The van der Waals surface area contributed by atoms with Crippen molar-refractivity contribution in [3.63, 3.8) is 0 Å². The van der Waals surface area contributed by atoms with E-state index in [4.69, 9.17) is 4.74 Å². The lowest BCUT2D eigenvalue weighted by atomic mass is 9.96. The molecule has 0 spiro atoms. The van der Waals surface area contributed by atoms with Gasteiger partial charge in [-0.05, 0) is 18.9 Å². The standard InChI is InChI=1S/C21H29N3O4/c1-28-18-12-8-7-9-15(18)14-24-20(26)17(23-21(24)27)13-19(25)22-16-10-5-3-2-4-6-11-16/h7-9,12,16-17H,2-6,10-11,13-14H2,1H3,(H,22,25)(H,23,27). The van der Waals surface area contributed by atoms with Crippen LogP contribution in [0.5, 0.6) is 5.75 Å². The highest BCUT2D eigenvalue weighted by molar-refractivity contribution is 6.05. The molecule has 1 aliphatic heterocycles. The smallest absolute Gasteiger partial charge is 0.325 e. The quantitative estimate of drug-likeness (QED) is 0.735. The van der Waals surface area contributed by atoms with Crippen molar-refractivity contribution >= 4 is 17.8 Å². The summed E-state index contributed by atoms with van der Waals surface area (Å²) in [6.07, 6.45) is 7.87. The summed E-state index contributed by atoms with van der Waals surface area (Å²) in [4.78, 5) is 38.5. The molecule has 7 nitrogen and oxygen atoms in total. The molecule has 1 aromatic carbocycles. The van der Waals surface area contributed by atoms with Crippen molar-refractivity contribution in [3.05, 3.63) is 29.8 Å². The molecule has 1 aromatic rings. The van der Waals surface area contributed by atoms with Crippen LogP contribution in [-0.2, 0) is 16.1 Å². The number of rotatable bonds is 6. The zero-order valence-electron chi connectivity index (χ0n) is 16.4. The van der Waals surface area contributed by atoms with Gasteiger partial charge in [-0.2, -0.15) is 0 Å². The van der Waals surface area contributed by atoms with Gasteiger partial charge in [-0.1, -0.05) is 50.3 Å². The maximum absolute atomic E-state index is 12.7. The van der Waals surface area contributed by atoms with Crippen molar-refractivity contribution in [2.75, 3.05) is 7.11 Å². The summed E-state index contributed by atoms with van der Waals surface area (Å²) in [7, 11) is 1.55. The molecule has 2 aliphatic rings. The molecule has 1 aliphatic carbocycles. The van der Waals surface area contributed by atoms with E-state index in [9.17, 15) is 14.4 Å². The number of hydrogen-bond acceptors (Lipinski definition) is 4. The normalized spacial score (nSPS) is 21.0. The first kappa shape index (κ1) is 20.2. The van der Waals surface area contributed by atoms with Gasteiger partial charge in [-0.3, -0.25) is 14.5 Å². The number of hydrogen-bond donors (Lipinski definition) is 2. The summed E-state index contributed by atoms with van der Waals surface area (Å²) in [5.41, 5.74) is 0.744. The van der Waals surface area contributed by atoms with Gasteiger partial charge < -0.3 is 15.4 Å². The van der Waals surface area contributed by atoms with Crippen LogP contribution in [0.4, 0.5) is 4.79 Å². The SMILES string of the molecule is COc1ccccc1CN1C(=O)NC(CC(=O)NC2CCCCCCC2)C1=O. The van der Waals surface area contributed by atoms with Crippen LogP contribution in [0.15, 0.2) is 24.3 Å². The molecule has 4 amide bonds. The van der Waals surface area contributed by atoms with Gasteiger partial charge in [0.05, 0.1) is 20.1 Å². The molecule has 3 rings (SSSR count). The number of nitrogens with zero attached hydrogens (tertiary/aromatic N) is 1. The van der Waals surface area contributed by atoms with Crippen LogP contribution in [0.3, 0.4) is 0 Å². The molecule has 7 heteroatoms. The Labute approximate surface area is 165 Å². The van der Waals surface area contributed by atoms with Gasteiger partial charge in [-0.15, -0.1) is 0 Å². The Kier molecular flexibility index (Phi) is 6.90. The van der Waals surface area contributed by atoms with Gasteiger partial charge in [0.2, 0.25) is 5.91 Å². The van der Waals surface area contributed by atoms with Crippen LogP contribution in [0.1, 0.15) is 56.9 Å². The highest BCUT2D eigenvalue weighted by Gasteiger charge is 2.39. The predicted octanol–water partition coefficient (Wildman–Crippen LogP) is 2.73. The Morgan fingerprint density at radius 1 is 1.14 bits per heavy atom. The molecular formula is C21H29N3O4. The number of benzene rings is 1. The number of carbonyl (C=O) groups excluding carboxylic acids is 3. The van der Waals surface area contributed by atoms with Gasteiger partial charge in [0, 0.05) is 11.6 Å². The lowest BCUT2D eigenvalue weighted by Crippen LogP contribution is -2.40. The summed E-state index contributed by atoms with van der Waals surface area (Å²) in [6, 6.07) is 6.15. The summed E-state index contributed by atoms with van der Waals surface area (Å²) in [5.74, 6) is 0.0701. The number of imide groups is 1. The van der Waals surface area contributed by atoms with Crippen LogP contribution in [0.2, 0.25) is 0 Å². The molecule has 1 saturated carbocycles. The summed E-state index contributed by atoms with van der Waals surface area (Å²) >= 11 is 0. The second-order valence-corrected chi connectivity index (χ2v) is 7.55. The average molecular weight is 387 g/mol. The number of urea groups is 1. The van der Waals surface area contributed by atoms with Crippen molar-refractivity contribution in [1.29, 1.82) is 0 Å². The van der Waals surface area contributed by atoms with Gasteiger partial charge in [0.1, 0.15) is 11.8 Å². The molecule has 1 heterocycles. The van der Waals surface area contributed by atoms with E-state index in [-0.39, 0.29) is 30.8 Å². The van der Waals surface area contributed by atoms with Crippen molar-refractivity contribution < 1.29 is 19.1 Å². The molecule has 28 heavy (non-hydrogen) atoms. The molecule has 1 unspecified atom stereocenters. The Hall–Kier alpha value is -2.57. The Balaban J connectivity index is 1.56. The number of methoxy groups -OCH3 is 1. The van der Waals surface area contributed by atoms with Gasteiger partial charge in [-0.25, -0.2) is 4.79 Å². The highest BCUT2D eigenvalue weighted by Crippen LogP contribution is 2.22. The summed E-state index contributed by atoms with van der Waals surface area (Å²) in [6.45, 7) is 0.120. The van der Waals surface area contributed by atoms with E-state index in [1.54, 1.807) is 13.2 Å². The number of para-hydroxylation sites is 1. The van der Waals surface area contributed by atoms with Crippen LogP contribution < -0.4 is 15.4 Å². The maximum atomic E-state index is 12.7. The third-order valence-corrected chi connectivity index (χ3v) is 5.49. The van der Waals surface area contributed by atoms with Gasteiger partial charge >= 0.3 is 6.03 Å². The van der Waals surface area contributed by atoms with E-state index in [0.29, 0.717) is 5.75 Å². The molecule has 1 atom stereocenters. The molecule has 152 valence electrons. The number of ether oxygens (including phenoxy) is 1. The number of nitrogens with one attached hydrogen (secondary N) is 2. The first-order chi connectivity index (χ1) is 13.6. The number of amides is 4. The first-order valence-electron chi connectivity index (χ1n) is 10.1. The fourth-order valence-corrected chi connectivity index (χ4v) is 3.94. The van der Waals surface area contributed by atoms with E-state index in [1.165, 1.54) is 19.3 Å². The summed E-state index contributed by atoms with van der Waals surface area (Å²) < 4.78 is 5.29. The minimum atomic E-state index is -0.809. The van der Waals surface area contributed by atoms with Crippen molar-refractivity contribution in [2.45, 2.75) is 70.0 Å². The molecule has 1 saturated heterocycles. The van der Waals surface area contributed by atoms with E-state index in [1.807, 2.05) is 18.2 Å². The van der Waals surface area contributed by atoms with Crippen LogP contribution in [-0.4, -0.2) is 41.9 Å². The highest BCUT2D eigenvalue weighted by atomic mass is 16.5. The zero-order valence-corrected chi connectivity index (χ0v) is 16.4. The fourth-order valence-electron chi connectivity index (χ4n) is 3.94. The Bertz CT molecular complexity index is 713. The molecule has 2 fully saturated rings. The van der Waals surface area contributed by atoms with Crippen molar-refractivity contribution in [1.82, 2.24) is 15.5 Å². The Morgan fingerprint density at radius 3 is 2.54 bits per heavy atom. The van der Waals surface area contributed by atoms with Crippen LogP contribution >= 0.6 is 0 Å². The first-order valence-corrected chi connectivity index (χ1v) is 10.1. The largest absolute Gasteiger partial charge is 0.496 e. The van der Waals surface area contributed by atoms with Crippen LogP contribution in [0.25, 0.3) is 0 Å². The minimum absolute atomic E-state index is 0.0243. The fraction of sp³-hybridized carbons (Fsp3) is 0.571. The van der Waals surface area contributed by atoms with Gasteiger partial charge in [0.25, 0.3) is 5.91 Å². The summed E-state index contributed by atoms with van der Waals surface area (Å²) in [5, 5.41) is 5.69. The molecule has 0 bridgehead atoms. The minimum Gasteiger partial charge on any atom is -0.496 e. The topological polar surface area (TPSA) is 87.7 Å². The molecular weight excluding hydrogens is 358 g/mol. The monoisotopic (exact) mass is 387 g/mol. The average Bonchev–Trinajstić information content (AvgIpc) is 2.91. The second-order valence-electron chi connectivity index (χ2n) is 7.55. The lowest BCUT2D eigenvalue weighted by molar-refractivity contribution is -0.131.